The third-order valence-corrected chi connectivity index (χ3v) is 6.68. The van der Waals surface area contributed by atoms with Crippen molar-refractivity contribution < 1.29 is 8.42 Å². The molecular formula is C27H23N3O2S. The Kier molecular flexibility index (Phi) is 5.44. The predicted octanol–water partition coefficient (Wildman–Crippen LogP) is 5.90. The normalized spacial score (nSPS) is 11.5. The van der Waals surface area contributed by atoms with Gasteiger partial charge in [0.05, 0.1) is 10.4 Å². The Labute approximate surface area is 193 Å². The molecule has 0 aliphatic rings. The highest BCUT2D eigenvalue weighted by Gasteiger charge is 2.13. The molecule has 3 aromatic carbocycles. The van der Waals surface area contributed by atoms with E-state index in [0.717, 1.165) is 28.7 Å². The fourth-order valence-electron chi connectivity index (χ4n) is 3.96. The van der Waals surface area contributed by atoms with Gasteiger partial charge in [0.15, 0.2) is 9.84 Å². The van der Waals surface area contributed by atoms with E-state index in [-0.39, 0.29) is 4.90 Å². The summed E-state index contributed by atoms with van der Waals surface area (Å²) in [4.78, 5) is 4.85. The first-order valence-corrected chi connectivity index (χ1v) is 12.5. The van der Waals surface area contributed by atoms with Crippen molar-refractivity contribution in [3.8, 4) is 11.3 Å². The molecule has 0 radical (unpaired) electrons. The number of hydrogen-bond acceptors (Lipinski definition) is 4. The highest BCUT2D eigenvalue weighted by molar-refractivity contribution is 7.90. The van der Waals surface area contributed by atoms with E-state index in [1.54, 1.807) is 18.2 Å². The Bertz CT molecular complexity index is 1530. The summed E-state index contributed by atoms with van der Waals surface area (Å²) in [6.45, 7) is 0.724. The third kappa shape index (κ3) is 4.52. The number of anilines is 2. The monoisotopic (exact) mass is 453 g/mol. The van der Waals surface area contributed by atoms with E-state index in [2.05, 4.69) is 45.2 Å². The van der Waals surface area contributed by atoms with Crippen LogP contribution >= 0.6 is 0 Å². The zero-order valence-corrected chi connectivity index (χ0v) is 19.0. The second-order valence-electron chi connectivity index (χ2n) is 8.02. The number of sulfone groups is 1. The maximum absolute atomic E-state index is 11.9. The largest absolute Gasteiger partial charge is 0.340 e. The van der Waals surface area contributed by atoms with E-state index >= 15 is 0 Å². The smallest absolute Gasteiger partial charge is 0.175 e. The van der Waals surface area contributed by atoms with Gasteiger partial charge < -0.3 is 9.88 Å². The fourth-order valence-corrected chi connectivity index (χ4v) is 4.63. The second-order valence-corrected chi connectivity index (χ2v) is 10.0. The summed E-state index contributed by atoms with van der Waals surface area (Å²) in [5.74, 6) is 0.653. The molecule has 5 nitrogen and oxygen atoms in total. The van der Waals surface area contributed by atoms with Crippen molar-refractivity contribution in [2.75, 3.05) is 11.6 Å². The summed E-state index contributed by atoms with van der Waals surface area (Å²) < 4.78 is 26.1. The van der Waals surface area contributed by atoms with E-state index in [4.69, 9.17) is 0 Å². The van der Waals surface area contributed by atoms with Gasteiger partial charge in [-0.2, -0.15) is 0 Å². The zero-order valence-electron chi connectivity index (χ0n) is 18.1. The molecule has 0 amide bonds. The maximum Gasteiger partial charge on any atom is 0.175 e. The van der Waals surface area contributed by atoms with Crippen LogP contribution in [-0.2, 0) is 16.4 Å². The highest BCUT2D eigenvalue weighted by atomic mass is 32.2. The molecule has 0 unspecified atom stereocenters. The molecule has 0 bridgehead atoms. The number of benzene rings is 3. The Hall–Kier alpha value is -3.90. The first-order valence-electron chi connectivity index (χ1n) is 10.6. The molecule has 6 heteroatoms. The highest BCUT2D eigenvalue weighted by Crippen LogP contribution is 2.31. The molecule has 0 saturated carbocycles. The minimum Gasteiger partial charge on any atom is -0.340 e. The van der Waals surface area contributed by atoms with Crippen molar-refractivity contribution in [3.63, 3.8) is 0 Å². The summed E-state index contributed by atoms with van der Waals surface area (Å²) in [5, 5.41) is 4.30. The average Bonchev–Trinajstić information content (AvgIpc) is 3.18. The Balaban J connectivity index is 1.59. The van der Waals surface area contributed by atoms with Crippen LogP contribution in [-0.4, -0.2) is 24.2 Å². The Morgan fingerprint density at radius 2 is 1.58 bits per heavy atom. The van der Waals surface area contributed by atoms with E-state index in [1.807, 2.05) is 54.7 Å². The number of rotatable bonds is 6. The van der Waals surface area contributed by atoms with Crippen LogP contribution in [0.4, 0.5) is 11.5 Å². The Morgan fingerprint density at radius 3 is 2.30 bits per heavy atom. The van der Waals surface area contributed by atoms with Crippen molar-refractivity contribution in [2.24, 2.45) is 0 Å². The quantitative estimate of drug-likeness (QED) is 0.348. The van der Waals surface area contributed by atoms with Crippen LogP contribution in [0, 0.1) is 0 Å². The lowest BCUT2D eigenvalue weighted by Crippen LogP contribution is -2.02. The zero-order chi connectivity index (χ0) is 22.8. The Morgan fingerprint density at radius 1 is 0.848 bits per heavy atom. The number of pyridine rings is 1. The van der Waals surface area contributed by atoms with Crippen LogP contribution in [0.1, 0.15) is 5.56 Å². The van der Waals surface area contributed by atoms with Crippen molar-refractivity contribution in [1.82, 2.24) is 9.55 Å². The summed E-state index contributed by atoms with van der Waals surface area (Å²) >= 11 is 0. The van der Waals surface area contributed by atoms with Gasteiger partial charge in [0.2, 0.25) is 0 Å². The molecule has 2 aromatic heterocycles. The van der Waals surface area contributed by atoms with Gasteiger partial charge in [0.25, 0.3) is 0 Å². The molecule has 33 heavy (non-hydrogen) atoms. The SMILES string of the molecule is CS(=O)(=O)c1cccc(Nc2cc3c(cn2)cc(-c2ccccc2)n3Cc2ccccc2)c1. The van der Waals surface area contributed by atoms with Crippen molar-refractivity contribution in [1.29, 1.82) is 0 Å². The molecular weight excluding hydrogens is 430 g/mol. The van der Waals surface area contributed by atoms with E-state index in [1.165, 1.54) is 11.8 Å². The van der Waals surface area contributed by atoms with Crippen molar-refractivity contribution in [3.05, 3.63) is 109 Å². The van der Waals surface area contributed by atoms with Crippen LogP contribution < -0.4 is 5.32 Å². The number of nitrogens with zero attached hydrogens (tertiary/aromatic N) is 2. The minimum atomic E-state index is -3.29. The first-order chi connectivity index (χ1) is 16.0. The third-order valence-electron chi connectivity index (χ3n) is 5.57. The fraction of sp³-hybridized carbons (Fsp3) is 0.0741. The maximum atomic E-state index is 11.9. The van der Waals surface area contributed by atoms with Crippen molar-refractivity contribution in [2.45, 2.75) is 11.4 Å². The lowest BCUT2D eigenvalue weighted by molar-refractivity contribution is 0.602. The molecule has 0 saturated heterocycles. The first kappa shape index (κ1) is 21.0. The molecule has 164 valence electrons. The summed E-state index contributed by atoms with van der Waals surface area (Å²) in [7, 11) is -3.29. The number of hydrogen-bond donors (Lipinski definition) is 1. The molecule has 5 aromatic rings. The lowest BCUT2D eigenvalue weighted by atomic mass is 10.1. The molecule has 5 rings (SSSR count). The summed E-state index contributed by atoms with van der Waals surface area (Å²) in [6.07, 6.45) is 3.06. The van der Waals surface area contributed by atoms with Gasteiger partial charge in [-0.3, -0.25) is 0 Å². The topological polar surface area (TPSA) is 64.0 Å². The summed E-state index contributed by atoms with van der Waals surface area (Å²) in [5.41, 5.74) is 5.19. The van der Waals surface area contributed by atoms with Crippen LogP contribution in [0.3, 0.4) is 0 Å². The molecule has 1 N–H and O–H groups in total. The van der Waals surface area contributed by atoms with Crippen LogP contribution in [0.25, 0.3) is 22.2 Å². The van der Waals surface area contributed by atoms with Gasteiger partial charge in [0.1, 0.15) is 5.82 Å². The molecule has 0 atom stereocenters. The molecule has 0 fully saturated rings. The van der Waals surface area contributed by atoms with Crippen LogP contribution in [0.5, 0.6) is 0 Å². The van der Waals surface area contributed by atoms with Gasteiger partial charge in [-0.05, 0) is 35.4 Å². The van der Waals surface area contributed by atoms with E-state index in [0.29, 0.717) is 11.5 Å². The minimum absolute atomic E-state index is 0.271. The summed E-state index contributed by atoms with van der Waals surface area (Å²) in [6, 6.07) is 31.6. The van der Waals surface area contributed by atoms with Gasteiger partial charge in [-0.25, -0.2) is 13.4 Å². The predicted molar refractivity (Wildman–Crippen MR) is 134 cm³/mol. The number of nitrogens with one attached hydrogen (secondary N) is 1. The van der Waals surface area contributed by atoms with Gasteiger partial charge >= 0.3 is 0 Å². The van der Waals surface area contributed by atoms with Crippen LogP contribution in [0.15, 0.2) is 108 Å². The van der Waals surface area contributed by atoms with Gasteiger partial charge in [0, 0.05) is 41.8 Å². The molecule has 0 aliphatic carbocycles. The molecule has 0 spiro atoms. The average molecular weight is 454 g/mol. The van der Waals surface area contributed by atoms with Crippen LogP contribution in [0.2, 0.25) is 0 Å². The lowest BCUT2D eigenvalue weighted by Gasteiger charge is -2.12. The van der Waals surface area contributed by atoms with E-state index < -0.39 is 9.84 Å². The van der Waals surface area contributed by atoms with Gasteiger partial charge in [-0.1, -0.05) is 66.7 Å². The van der Waals surface area contributed by atoms with E-state index in [9.17, 15) is 8.42 Å². The number of fused-ring (bicyclic) bond motifs is 1. The van der Waals surface area contributed by atoms with Gasteiger partial charge in [-0.15, -0.1) is 0 Å². The van der Waals surface area contributed by atoms with Crippen molar-refractivity contribution >= 4 is 32.2 Å². The molecule has 0 aliphatic heterocycles. The number of aromatic nitrogens is 2. The standard InChI is InChI=1S/C27H23N3O2S/c1-33(31,32)24-14-8-13-23(16-24)29-27-17-26-22(18-28-27)15-25(21-11-6-3-7-12-21)30(26)19-20-9-4-2-5-10-20/h2-18H,19H2,1H3,(H,28,29). The molecule has 2 heterocycles. The second kappa shape index (κ2) is 8.56.